The molecule has 1 heterocycles. The molecule has 0 fully saturated rings. The van der Waals surface area contributed by atoms with Crippen LogP contribution >= 0.6 is 11.6 Å². The minimum atomic E-state index is -4.53. The van der Waals surface area contributed by atoms with Crippen molar-refractivity contribution in [2.24, 2.45) is 0 Å². The molecule has 0 bridgehead atoms. The van der Waals surface area contributed by atoms with Gasteiger partial charge < -0.3 is 15.4 Å². The molecule has 1 rings (SSSR count). The van der Waals surface area contributed by atoms with E-state index in [0.29, 0.717) is 26.2 Å². The Bertz CT molecular complexity index is 507. The lowest BCUT2D eigenvalue weighted by atomic mass is 10.4. The SMILES string of the molecule is COCCNCCNc1cnn(CC(F)(F)F)c(=O)c1Cl. The van der Waals surface area contributed by atoms with Crippen LogP contribution in [-0.4, -0.2) is 49.3 Å². The summed E-state index contributed by atoms with van der Waals surface area (Å²) in [7, 11) is 1.58. The van der Waals surface area contributed by atoms with Crippen molar-refractivity contribution in [2.45, 2.75) is 12.7 Å². The van der Waals surface area contributed by atoms with E-state index in [2.05, 4.69) is 15.7 Å². The van der Waals surface area contributed by atoms with E-state index in [1.165, 1.54) is 0 Å². The summed E-state index contributed by atoms with van der Waals surface area (Å²) in [6.07, 6.45) is -3.43. The number of hydrogen-bond acceptors (Lipinski definition) is 5. The number of ether oxygens (including phenoxy) is 1. The topological polar surface area (TPSA) is 68.2 Å². The highest BCUT2D eigenvalue weighted by molar-refractivity contribution is 6.32. The zero-order valence-electron chi connectivity index (χ0n) is 11.3. The van der Waals surface area contributed by atoms with Crippen molar-refractivity contribution in [2.75, 3.05) is 38.7 Å². The van der Waals surface area contributed by atoms with Crippen molar-refractivity contribution in [3.63, 3.8) is 0 Å². The standard InChI is InChI=1S/C11H16ClF3N4O2/c1-21-5-4-16-2-3-17-8-6-18-19(7-11(13,14)15)10(20)9(8)12/h6,16-17H,2-5,7H2,1H3. The van der Waals surface area contributed by atoms with E-state index in [9.17, 15) is 18.0 Å². The van der Waals surface area contributed by atoms with Crippen molar-refractivity contribution < 1.29 is 17.9 Å². The number of methoxy groups -OCH3 is 1. The molecule has 0 unspecified atom stereocenters. The van der Waals surface area contributed by atoms with Crippen molar-refractivity contribution >= 4 is 17.3 Å². The number of halogens is 4. The molecule has 0 atom stereocenters. The van der Waals surface area contributed by atoms with Gasteiger partial charge in [0.2, 0.25) is 0 Å². The predicted molar refractivity (Wildman–Crippen MR) is 72.8 cm³/mol. The largest absolute Gasteiger partial charge is 0.408 e. The molecule has 0 amide bonds. The van der Waals surface area contributed by atoms with Gasteiger partial charge in [0, 0.05) is 26.7 Å². The fourth-order valence-corrected chi connectivity index (χ4v) is 1.67. The quantitative estimate of drug-likeness (QED) is 0.700. The summed E-state index contributed by atoms with van der Waals surface area (Å²) in [5.74, 6) is 0. The predicted octanol–water partition coefficient (Wildman–Crippen LogP) is 1.11. The van der Waals surface area contributed by atoms with Crippen LogP contribution in [0.25, 0.3) is 0 Å². The molecule has 0 radical (unpaired) electrons. The molecule has 0 saturated heterocycles. The van der Waals surface area contributed by atoms with Crippen LogP contribution in [-0.2, 0) is 11.3 Å². The zero-order chi connectivity index (χ0) is 15.9. The third-order valence-electron chi connectivity index (χ3n) is 2.41. The van der Waals surface area contributed by atoms with Gasteiger partial charge in [0.25, 0.3) is 5.56 Å². The van der Waals surface area contributed by atoms with E-state index < -0.39 is 18.3 Å². The highest BCUT2D eigenvalue weighted by Gasteiger charge is 2.29. The molecule has 0 spiro atoms. The summed E-state index contributed by atoms with van der Waals surface area (Å²) in [4.78, 5) is 11.6. The molecule has 2 N–H and O–H groups in total. The number of nitrogens with one attached hydrogen (secondary N) is 2. The van der Waals surface area contributed by atoms with Crippen LogP contribution in [0, 0.1) is 0 Å². The van der Waals surface area contributed by atoms with Crippen LogP contribution in [0.3, 0.4) is 0 Å². The van der Waals surface area contributed by atoms with Crippen molar-refractivity contribution in [1.29, 1.82) is 0 Å². The lowest BCUT2D eigenvalue weighted by molar-refractivity contribution is -0.143. The molecule has 1 aromatic heterocycles. The zero-order valence-corrected chi connectivity index (χ0v) is 12.1. The van der Waals surface area contributed by atoms with Gasteiger partial charge in [-0.3, -0.25) is 4.79 Å². The fourth-order valence-electron chi connectivity index (χ4n) is 1.46. The number of hydrogen-bond donors (Lipinski definition) is 2. The smallest absolute Gasteiger partial charge is 0.383 e. The highest BCUT2D eigenvalue weighted by atomic mass is 35.5. The maximum absolute atomic E-state index is 12.2. The van der Waals surface area contributed by atoms with Crippen molar-refractivity contribution in [3.8, 4) is 0 Å². The van der Waals surface area contributed by atoms with Crippen LogP contribution in [0.4, 0.5) is 18.9 Å². The third kappa shape index (κ3) is 6.32. The lowest BCUT2D eigenvalue weighted by Gasteiger charge is -2.12. The van der Waals surface area contributed by atoms with Gasteiger partial charge in [-0.05, 0) is 0 Å². The lowest BCUT2D eigenvalue weighted by Crippen LogP contribution is -2.31. The summed E-state index contributed by atoms with van der Waals surface area (Å²) in [5.41, 5.74) is -0.778. The molecule has 0 saturated carbocycles. The summed E-state index contributed by atoms with van der Waals surface area (Å²) in [5, 5.41) is 9.01. The molecule has 6 nitrogen and oxygen atoms in total. The van der Waals surface area contributed by atoms with Gasteiger partial charge in [0.15, 0.2) is 0 Å². The summed E-state index contributed by atoms with van der Waals surface area (Å²) in [6.45, 7) is 0.775. The van der Waals surface area contributed by atoms with Crippen LogP contribution in [0.1, 0.15) is 0 Å². The molecule has 10 heteroatoms. The van der Waals surface area contributed by atoms with Crippen LogP contribution in [0.2, 0.25) is 5.02 Å². The van der Waals surface area contributed by atoms with E-state index in [4.69, 9.17) is 16.3 Å². The van der Waals surface area contributed by atoms with Crippen LogP contribution in [0.15, 0.2) is 11.0 Å². The van der Waals surface area contributed by atoms with Gasteiger partial charge in [-0.2, -0.15) is 18.3 Å². The third-order valence-corrected chi connectivity index (χ3v) is 2.78. The summed E-state index contributed by atoms with van der Waals surface area (Å²) >= 11 is 5.75. The van der Waals surface area contributed by atoms with E-state index in [1.807, 2.05) is 0 Å². The van der Waals surface area contributed by atoms with E-state index in [-0.39, 0.29) is 15.4 Å². The maximum atomic E-state index is 12.2. The molecule has 0 aliphatic carbocycles. The first-order valence-electron chi connectivity index (χ1n) is 6.11. The first kappa shape index (κ1) is 17.7. The Morgan fingerprint density at radius 3 is 2.71 bits per heavy atom. The minimum Gasteiger partial charge on any atom is -0.383 e. The molecular formula is C11H16ClF3N4O2. The Kier molecular flexibility index (Phi) is 6.93. The molecule has 0 aliphatic heterocycles. The Hall–Kier alpha value is -1.32. The monoisotopic (exact) mass is 328 g/mol. The van der Waals surface area contributed by atoms with Gasteiger partial charge >= 0.3 is 6.18 Å². The first-order chi connectivity index (χ1) is 9.85. The van der Waals surface area contributed by atoms with Crippen LogP contribution < -0.4 is 16.2 Å². The van der Waals surface area contributed by atoms with E-state index >= 15 is 0 Å². The summed E-state index contributed by atoms with van der Waals surface area (Å²) in [6, 6.07) is 0. The van der Waals surface area contributed by atoms with Crippen molar-refractivity contribution in [3.05, 3.63) is 21.6 Å². The molecular weight excluding hydrogens is 313 g/mol. The molecule has 0 aromatic carbocycles. The average Bonchev–Trinajstić information content (AvgIpc) is 2.40. The average molecular weight is 329 g/mol. The second kappa shape index (κ2) is 8.20. The Morgan fingerprint density at radius 1 is 1.38 bits per heavy atom. The number of anilines is 1. The number of alkyl halides is 3. The maximum Gasteiger partial charge on any atom is 0.408 e. The number of aromatic nitrogens is 2. The van der Waals surface area contributed by atoms with Crippen LogP contribution in [0.5, 0.6) is 0 Å². The normalized spacial score (nSPS) is 11.7. The fraction of sp³-hybridized carbons (Fsp3) is 0.636. The van der Waals surface area contributed by atoms with E-state index in [1.54, 1.807) is 7.11 Å². The molecule has 120 valence electrons. The van der Waals surface area contributed by atoms with E-state index in [0.717, 1.165) is 6.20 Å². The number of rotatable bonds is 8. The molecule has 1 aromatic rings. The molecule has 0 aliphatic rings. The Morgan fingerprint density at radius 2 is 2.10 bits per heavy atom. The molecule has 21 heavy (non-hydrogen) atoms. The van der Waals surface area contributed by atoms with Crippen molar-refractivity contribution in [1.82, 2.24) is 15.1 Å². The minimum absolute atomic E-state index is 0.202. The summed E-state index contributed by atoms with van der Waals surface area (Å²) < 4.78 is 41.8. The number of nitrogens with zero attached hydrogens (tertiary/aromatic N) is 2. The second-order valence-corrected chi connectivity index (χ2v) is 4.50. The van der Waals surface area contributed by atoms with Gasteiger partial charge in [-0.1, -0.05) is 11.6 Å². The van der Waals surface area contributed by atoms with Gasteiger partial charge in [0.05, 0.1) is 18.5 Å². The second-order valence-electron chi connectivity index (χ2n) is 4.12. The van der Waals surface area contributed by atoms with Gasteiger partial charge in [0.1, 0.15) is 11.6 Å². The first-order valence-corrected chi connectivity index (χ1v) is 6.49. The Labute approximate surface area is 124 Å². The highest BCUT2D eigenvalue weighted by Crippen LogP contribution is 2.18. The Balaban J connectivity index is 2.57. The van der Waals surface area contributed by atoms with Gasteiger partial charge in [-0.25, -0.2) is 4.68 Å². The van der Waals surface area contributed by atoms with Gasteiger partial charge in [-0.15, -0.1) is 0 Å².